The zero-order chi connectivity index (χ0) is 23.9. The first-order valence-electron chi connectivity index (χ1n) is 13.2. The minimum absolute atomic E-state index is 0. The molecule has 0 radical (unpaired) electrons. The Kier molecular flexibility index (Phi) is 27.0. The van der Waals surface area contributed by atoms with Gasteiger partial charge in [0.25, 0.3) is 16.0 Å². The molecule has 0 aromatic carbocycles. The molecule has 33 heavy (non-hydrogen) atoms. The predicted octanol–water partition coefficient (Wildman–Crippen LogP) is 6.97. The van der Waals surface area contributed by atoms with Crippen molar-refractivity contribution in [3.05, 3.63) is 12.7 Å². The Morgan fingerprint density at radius 3 is 1.52 bits per heavy atom. The van der Waals surface area contributed by atoms with Gasteiger partial charge in [0.2, 0.25) is 0 Å². The number of carbonyl (C=O) groups excluding carboxylic acids is 1. The van der Waals surface area contributed by atoms with E-state index in [0.29, 0.717) is 0 Å². The van der Waals surface area contributed by atoms with Crippen molar-refractivity contribution in [2.75, 3.05) is 5.75 Å². The molecule has 5 nitrogen and oxygen atoms in total. The summed E-state index contributed by atoms with van der Waals surface area (Å²) >= 11 is 0. The standard InChI is InChI=1S/C26H51NO4S.Na.H/c1-4-6-7-8-9-10-11-12-13-14-15-16-17-18-19-20-21-22-23-25(3)24-32(29,30)31-27-26(28)5-2;;/h5,25H,2,4,6-24H2,1,3H3,(H,27,28);;. The van der Waals surface area contributed by atoms with E-state index in [9.17, 15) is 13.2 Å². The van der Waals surface area contributed by atoms with Gasteiger partial charge in [-0.25, -0.2) is 5.48 Å². The first-order chi connectivity index (χ1) is 15.4. The van der Waals surface area contributed by atoms with E-state index in [1.807, 2.05) is 12.4 Å². The fraction of sp³-hybridized carbons (Fsp3) is 0.885. The van der Waals surface area contributed by atoms with E-state index >= 15 is 0 Å². The number of unbranched alkanes of at least 4 members (excludes halogenated alkanes) is 17. The zero-order valence-electron chi connectivity index (χ0n) is 21.0. The molecular weight excluding hydrogens is 445 g/mol. The average Bonchev–Trinajstić information content (AvgIpc) is 2.76. The molecule has 1 amide bonds. The third-order valence-electron chi connectivity index (χ3n) is 5.99. The molecule has 0 saturated carbocycles. The van der Waals surface area contributed by atoms with Gasteiger partial charge in [-0.1, -0.05) is 136 Å². The molecule has 0 spiro atoms. The maximum atomic E-state index is 11.8. The molecule has 1 N–H and O–H groups in total. The van der Waals surface area contributed by atoms with Crippen molar-refractivity contribution >= 4 is 45.6 Å². The van der Waals surface area contributed by atoms with Crippen LogP contribution in [0.5, 0.6) is 0 Å². The van der Waals surface area contributed by atoms with Crippen molar-refractivity contribution in [2.24, 2.45) is 5.92 Å². The van der Waals surface area contributed by atoms with Crippen LogP contribution in [0.15, 0.2) is 12.7 Å². The number of hydroxylamine groups is 1. The molecule has 0 aliphatic rings. The zero-order valence-corrected chi connectivity index (χ0v) is 21.9. The molecule has 0 fully saturated rings. The molecule has 0 saturated heterocycles. The van der Waals surface area contributed by atoms with Crippen LogP contribution in [-0.4, -0.2) is 49.6 Å². The van der Waals surface area contributed by atoms with Crippen LogP contribution in [0.1, 0.15) is 136 Å². The van der Waals surface area contributed by atoms with Gasteiger partial charge in [0, 0.05) is 0 Å². The van der Waals surface area contributed by atoms with Crippen LogP contribution in [0.4, 0.5) is 0 Å². The first-order valence-corrected chi connectivity index (χ1v) is 14.8. The van der Waals surface area contributed by atoms with Crippen molar-refractivity contribution in [1.29, 1.82) is 0 Å². The molecule has 1 atom stereocenters. The SMILES string of the molecule is C=CC(=O)NOS(=O)(=O)CC(C)CCCCCCCCCCCCCCCCCCCC.[NaH]. The van der Waals surface area contributed by atoms with Crippen LogP contribution in [0, 0.1) is 5.92 Å². The van der Waals surface area contributed by atoms with Crippen molar-refractivity contribution < 1.29 is 17.5 Å². The topological polar surface area (TPSA) is 72.5 Å². The Morgan fingerprint density at radius 1 is 0.788 bits per heavy atom. The molecule has 0 bridgehead atoms. The van der Waals surface area contributed by atoms with Crippen molar-refractivity contribution in [3.63, 3.8) is 0 Å². The fourth-order valence-electron chi connectivity index (χ4n) is 4.01. The van der Waals surface area contributed by atoms with Crippen LogP contribution in [0.3, 0.4) is 0 Å². The number of rotatable bonds is 24. The molecular formula is C26H52NNaO4S. The predicted molar refractivity (Wildman–Crippen MR) is 143 cm³/mol. The van der Waals surface area contributed by atoms with Gasteiger partial charge in [-0.05, 0) is 18.4 Å². The summed E-state index contributed by atoms with van der Waals surface area (Å²) in [6, 6.07) is 0. The summed E-state index contributed by atoms with van der Waals surface area (Å²) in [6.45, 7) is 7.43. The molecule has 0 aliphatic heterocycles. The van der Waals surface area contributed by atoms with E-state index < -0.39 is 16.0 Å². The van der Waals surface area contributed by atoms with Crippen LogP contribution >= 0.6 is 0 Å². The Morgan fingerprint density at radius 2 is 1.15 bits per heavy atom. The Labute approximate surface area is 227 Å². The van der Waals surface area contributed by atoms with Gasteiger partial charge in [0.05, 0.1) is 5.75 Å². The summed E-state index contributed by atoms with van der Waals surface area (Å²) < 4.78 is 28.1. The molecule has 192 valence electrons. The van der Waals surface area contributed by atoms with Crippen molar-refractivity contribution in [1.82, 2.24) is 5.48 Å². The molecule has 0 aliphatic carbocycles. The summed E-state index contributed by atoms with van der Waals surface area (Å²) in [4.78, 5) is 11.0. The summed E-state index contributed by atoms with van der Waals surface area (Å²) in [5.41, 5.74) is 1.86. The van der Waals surface area contributed by atoms with E-state index in [0.717, 1.165) is 25.3 Å². The second kappa shape index (κ2) is 25.2. The Hall–Kier alpha value is 0.120. The summed E-state index contributed by atoms with van der Waals surface area (Å²) in [7, 11) is -3.74. The van der Waals surface area contributed by atoms with Gasteiger partial charge in [0.1, 0.15) is 0 Å². The molecule has 0 rings (SSSR count). The molecule has 1 unspecified atom stereocenters. The Bertz CT molecular complexity index is 554. The number of amides is 1. The summed E-state index contributed by atoms with van der Waals surface area (Å²) in [5.74, 6) is -0.727. The van der Waals surface area contributed by atoms with Gasteiger partial charge in [-0.15, -0.1) is 4.28 Å². The third kappa shape index (κ3) is 26.6. The van der Waals surface area contributed by atoms with Crippen LogP contribution in [0.2, 0.25) is 0 Å². The molecule has 7 heteroatoms. The van der Waals surface area contributed by atoms with Gasteiger partial charge in [-0.3, -0.25) is 4.79 Å². The molecule has 0 aromatic rings. The van der Waals surface area contributed by atoms with E-state index in [1.165, 1.54) is 103 Å². The molecule has 0 aromatic heterocycles. The second-order valence-electron chi connectivity index (χ2n) is 9.38. The number of carbonyl (C=O) groups is 1. The average molecular weight is 498 g/mol. The molecule has 0 heterocycles. The van der Waals surface area contributed by atoms with E-state index in [-0.39, 0.29) is 41.2 Å². The summed E-state index contributed by atoms with van der Waals surface area (Å²) in [5, 5.41) is 0. The fourth-order valence-corrected chi connectivity index (χ4v) is 5.15. The monoisotopic (exact) mass is 497 g/mol. The number of hydrogen-bond donors (Lipinski definition) is 1. The van der Waals surface area contributed by atoms with E-state index in [1.54, 1.807) is 0 Å². The van der Waals surface area contributed by atoms with Crippen molar-refractivity contribution in [3.8, 4) is 0 Å². The third-order valence-corrected chi connectivity index (χ3v) is 7.31. The Balaban J connectivity index is 0. The maximum absolute atomic E-state index is 11.8. The van der Waals surface area contributed by atoms with Gasteiger partial charge in [-0.2, -0.15) is 8.42 Å². The minimum atomic E-state index is -3.74. The van der Waals surface area contributed by atoms with Gasteiger partial charge < -0.3 is 0 Å². The van der Waals surface area contributed by atoms with Crippen LogP contribution in [0.25, 0.3) is 0 Å². The van der Waals surface area contributed by atoms with E-state index in [2.05, 4.69) is 17.8 Å². The quantitative estimate of drug-likeness (QED) is 0.0676. The normalized spacial score (nSPS) is 12.2. The van der Waals surface area contributed by atoms with Crippen LogP contribution in [-0.2, 0) is 19.2 Å². The van der Waals surface area contributed by atoms with Gasteiger partial charge >= 0.3 is 29.6 Å². The second-order valence-corrected chi connectivity index (χ2v) is 11.0. The van der Waals surface area contributed by atoms with Crippen molar-refractivity contribution in [2.45, 2.75) is 136 Å². The van der Waals surface area contributed by atoms with Gasteiger partial charge in [0.15, 0.2) is 0 Å². The summed E-state index contributed by atoms with van der Waals surface area (Å²) in [6.07, 6.45) is 26.1. The number of nitrogens with one attached hydrogen (secondary N) is 1. The van der Waals surface area contributed by atoms with Crippen LogP contribution < -0.4 is 5.48 Å². The number of hydrogen-bond acceptors (Lipinski definition) is 4. The van der Waals surface area contributed by atoms with E-state index in [4.69, 9.17) is 0 Å². The first kappa shape index (κ1) is 35.3.